The molecule has 6 N–H and O–H groups in total. The summed E-state index contributed by atoms with van der Waals surface area (Å²) >= 11 is 0. The molecule has 15 nitrogen and oxygen atoms in total. The van der Waals surface area contributed by atoms with Gasteiger partial charge in [0, 0.05) is 10.8 Å². The molecule has 0 aliphatic rings. The Hall–Kier alpha value is -7.31. The lowest BCUT2D eigenvalue weighted by Crippen LogP contribution is -2.19. The predicted octanol–water partition coefficient (Wildman–Crippen LogP) is 10.7. The van der Waals surface area contributed by atoms with Gasteiger partial charge in [-0.05, 0) is 129 Å². The number of amides is 2. The Labute approximate surface area is 329 Å². The maximum atomic E-state index is 13.0. The average molecular weight is 813 g/mol. The Morgan fingerprint density at radius 2 is 0.724 bits per heavy atom. The van der Waals surface area contributed by atoms with Gasteiger partial charge in [-0.15, -0.1) is 0 Å². The zero-order valence-corrected chi connectivity index (χ0v) is 31.3. The van der Waals surface area contributed by atoms with Crippen LogP contribution in [0.5, 0.6) is 11.5 Å². The van der Waals surface area contributed by atoms with E-state index in [4.69, 9.17) is 0 Å². The molecule has 8 aromatic carbocycles. The van der Waals surface area contributed by atoms with E-state index in [-0.39, 0.29) is 32.7 Å². The summed E-state index contributed by atoms with van der Waals surface area (Å²) in [6, 6.07) is 34.2. The Kier molecular flexibility index (Phi) is 9.49. The summed E-state index contributed by atoms with van der Waals surface area (Å²) in [6.45, 7) is 0. The summed E-state index contributed by atoms with van der Waals surface area (Å²) in [5.41, 5.74) is 2.23. The molecule has 0 saturated carbocycles. The average Bonchev–Trinajstić information content (AvgIpc) is 3.20. The molecule has 288 valence electrons. The molecule has 0 unspecified atom stereocenters. The third kappa shape index (κ3) is 7.86. The van der Waals surface area contributed by atoms with Crippen LogP contribution in [-0.4, -0.2) is 42.2 Å². The quantitative estimate of drug-likeness (QED) is 0.0485. The van der Waals surface area contributed by atoms with Crippen molar-refractivity contribution in [3.05, 3.63) is 133 Å². The van der Waals surface area contributed by atoms with E-state index in [1.807, 2.05) is 0 Å². The molecule has 0 heterocycles. The first-order valence-corrected chi connectivity index (χ1v) is 20.0. The summed E-state index contributed by atoms with van der Waals surface area (Å²) in [5.74, 6) is -0.372. The van der Waals surface area contributed by atoms with Gasteiger partial charge in [-0.25, -0.2) is 4.79 Å². The number of carbonyl (C=O) groups excluding carboxylic acids is 1. The largest absolute Gasteiger partial charge is 0.505 e. The molecule has 0 spiro atoms. The number of azo groups is 2. The normalized spacial score (nSPS) is 12.3. The Morgan fingerprint density at radius 1 is 0.414 bits per heavy atom. The molecule has 0 aliphatic heterocycles. The van der Waals surface area contributed by atoms with E-state index in [1.54, 1.807) is 97.1 Å². The number of fused-ring (bicyclic) bond motifs is 4. The van der Waals surface area contributed by atoms with Crippen molar-refractivity contribution in [2.75, 3.05) is 10.6 Å². The van der Waals surface area contributed by atoms with E-state index < -0.39 is 26.3 Å². The second kappa shape index (κ2) is 14.6. The van der Waals surface area contributed by atoms with Crippen LogP contribution in [0.2, 0.25) is 0 Å². The van der Waals surface area contributed by atoms with Gasteiger partial charge in [0.15, 0.2) is 0 Å². The third-order valence-corrected chi connectivity index (χ3v) is 10.9. The summed E-state index contributed by atoms with van der Waals surface area (Å²) in [7, 11) is -8.65. The number of nitrogens with zero attached hydrogens (tertiary/aromatic N) is 4. The van der Waals surface area contributed by atoms with Gasteiger partial charge in [0.2, 0.25) is 0 Å². The molecule has 0 bridgehead atoms. The summed E-state index contributed by atoms with van der Waals surface area (Å²) in [6.07, 6.45) is 0. The van der Waals surface area contributed by atoms with Crippen molar-refractivity contribution in [1.82, 2.24) is 0 Å². The van der Waals surface area contributed by atoms with E-state index in [2.05, 4.69) is 31.1 Å². The second-order valence-corrected chi connectivity index (χ2v) is 15.9. The van der Waals surface area contributed by atoms with Crippen LogP contribution in [0.15, 0.2) is 164 Å². The van der Waals surface area contributed by atoms with Gasteiger partial charge in [-0.3, -0.25) is 9.11 Å². The molecule has 2 amide bonds. The summed E-state index contributed by atoms with van der Waals surface area (Å²) in [5, 5.41) is 49.1. The molecule has 0 aliphatic carbocycles. The lowest BCUT2D eigenvalue weighted by atomic mass is 10.1. The number of aromatic hydroxyl groups is 2. The minimum absolute atomic E-state index is 0.122. The minimum Gasteiger partial charge on any atom is -0.505 e. The van der Waals surface area contributed by atoms with Crippen molar-refractivity contribution in [2.24, 2.45) is 20.5 Å². The highest BCUT2D eigenvalue weighted by atomic mass is 32.2. The van der Waals surface area contributed by atoms with Gasteiger partial charge in [-0.2, -0.15) is 37.3 Å². The monoisotopic (exact) mass is 812 g/mol. The molecule has 0 saturated heterocycles. The van der Waals surface area contributed by atoms with Crippen LogP contribution in [0.1, 0.15) is 0 Å². The fraction of sp³-hybridized carbons (Fsp3) is 0. The van der Waals surface area contributed by atoms with Crippen LogP contribution in [0.25, 0.3) is 43.1 Å². The molecular weight excluding hydrogens is 785 g/mol. The van der Waals surface area contributed by atoms with Crippen molar-refractivity contribution >= 4 is 103 Å². The van der Waals surface area contributed by atoms with Crippen molar-refractivity contribution < 1.29 is 40.9 Å². The van der Waals surface area contributed by atoms with Crippen LogP contribution in [0.4, 0.5) is 38.9 Å². The van der Waals surface area contributed by atoms with Crippen LogP contribution in [0.3, 0.4) is 0 Å². The molecule has 0 atom stereocenters. The van der Waals surface area contributed by atoms with Crippen LogP contribution < -0.4 is 10.6 Å². The summed E-state index contributed by atoms with van der Waals surface area (Å²) < 4.78 is 64.4. The van der Waals surface area contributed by atoms with Gasteiger partial charge in [0.25, 0.3) is 20.2 Å². The van der Waals surface area contributed by atoms with Crippen molar-refractivity contribution in [1.29, 1.82) is 0 Å². The van der Waals surface area contributed by atoms with Crippen LogP contribution in [0, 0.1) is 0 Å². The van der Waals surface area contributed by atoms with Crippen LogP contribution in [-0.2, 0) is 20.2 Å². The van der Waals surface area contributed by atoms with Gasteiger partial charge >= 0.3 is 6.03 Å². The Morgan fingerprint density at radius 3 is 1.10 bits per heavy atom. The van der Waals surface area contributed by atoms with Gasteiger partial charge in [0.05, 0.1) is 43.9 Å². The lowest BCUT2D eigenvalue weighted by Gasteiger charge is -2.13. The second-order valence-electron chi connectivity index (χ2n) is 13.1. The maximum absolute atomic E-state index is 13.0. The Balaban J connectivity index is 0.929. The standard InChI is InChI=1S/C41H28N6O9S2/c48-39-35-13-9-31(46-44-29-7-1-25-21-33(57(51,52)53)11-3-23(25)17-29)19-27(35)5-15-37(39)42-41(50)43-38-16-6-28-20-32(10-14-36(28)40(38)49)47-45-30-8-2-26-22-34(58(54,55)56)12-4-24(26)18-30/h1-22,48-49H,(H2,42,43,50)(H,51,52,53)(H,54,55,56). The third-order valence-electron chi connectivity index (χ3n) is 9.19. The lowest BCUT2D eigenvalue weighted by molar-refractivity contribution is 0.262. The highest BCUT2D eigenvalue weighted by Crippen LogP contribution is 2.38. The number of urea groups is 1. The molecular formula is C41H28N6O9S2. The van der Waals surface area contributed by atoms with Crippen molar-refractivity contribution in [3.8, 4) is 11.5 Å². The molecule has 8 rings (SSSR count). The number of nitrogens with one attached hydrogen (secondary N) is 2. The maximum Gasteiger partial charge on any atom is 0.323 e. The van der Waals surface area contributed by atoms with Crippen LogP contribution >= 0.6 is 0 Å². The fourth-order valence-corrected chi connectivity index (χ4v) is 7.33. The van der Waals surface area contributed by atoms with E-state index in [0.717, 1.165) is 0 Å². The highest BCUT2D eigenvalue weighted by Gasteiger charge is 2.15. The molecule has 17 heteroatoms. The Bertz CT molecular complexity index is 3080. The van der Waals surface area contributed by atoms with Crippen molar-refractivity contribution in [3.63, 3.8) is 0 Å². The first kappa shape index (κ1) is 37.6. The molecule has 0 aromatic heterocycles. The number of hydrogen-bond donors (Lipinski definition) is 6. The number of carbonyl (C=O) groups is 1. The first-order chi connectivity index (χ1) is 27.7. The number of rotatable bonds is 8. The van der Waals surface area contributed by atoms with Gasteiger partial charge in [0.1, 0.15) is 11.5 Å². The van der Waals surface area contributed by atoms with Crippen molar-refractivity contribution in [2.45, 2.75) is 9.79 Å². The van der Waals surface area contributed by atoms with E-state index in [0.29, 0.717) is 65.8 Å². The fourth-order valence-electron chi connectivity index (χ4n) is 6.30. The number of benzene rings is 8. The van der Waals surface area contributed by atoms with E-state index >= 15 is 0 Å². The predicted molar refractivity (Wildman–Crippen MR) is 220 cm³/mol. The molecule has 8 aromatic rings. The number of hydrogen-bond acceptors (Lipinski definition) is 11. The van der Waals surface area contributed by atoms with E-state index in [1.165, 1.54) is 36.4 Å². The first-order valence-electron chi connectivity index (χ1n) is 17.1. The highest BCUT2D eigenvalue weighted by molar-refractivity contribution is 7.86. The van der Waals surface area contributed by atoms with Gasteiger partial charge in [-0.1, -0.05) is 36.4 Å². The molecule has 58 heavy (non-hydrogen) atoms. The number of phenols is 2. The molecule has 0 radical (unpaired) electrons. The smallest absolute Gasteiger partial charge is 0.323 e. The molecule has 0 fully saturated rings. The number of anilines is 2. The minimum atomic E-state index is -4.33. The summed E-state index contributed by atoms with van der Waals surface area (Å²) in [4.78, 5) is 12.6. The van der Waals surface area contributed by atoms with E-state index in [9.17, 15) is 40.9 Å². The topological polar surface area (TPSA) is 240 Å². The SMILES string of the molecule is O=C(Nc1ccc2cc(N=Nc3ccc4cc(S(=O)(=O)O)ccc4c3)ccc2c1O)Nc1ccc2cc(N=Nc3ccc4cc(S(=O)(=O)O)ccc4c3)ccc2c1O. The number of phenolic OH excluding ortho intramolecular Hbond substituents is 2. The zero-order valence-electron chi connectivity index (χ0n) is 29.6. The van der Waals surface area contributed by atoms with Gasteiger partial charge < -0.3 is 20.8 Å². The zero-order chi connectivity index (χ0) is 40.8.